The predicted octanol–water partition coefficient (Wildman–Crippen LogP) is 2.43. The molecule has 2 heterocycles. The minimum Gasteiger partial charge on any atom is -0.465 e. The predicted molar refractivity (Wildman–Crippen MR) is 59.9 cm³/mol. The molecule has 0 saturated heterocycles. The van der Waals surface area contributed by atoms with E-state index >= 15 is 0 Å². The lowest BCUT2D eigenvalue weighted by Gasteiger charge is -1.98. The van der Waals surface area contributed by atoms with E-state index in [9.17, 15) is 0 Å². The van der Waals surface area contributed by atoms with Crippen LogP contribution in [0.15, 0.2) is 27.2 Å². The van der Waals surface area contributed by atoms with Gasteiger partial charge in [-0.25, -0.2) is 4.98 Å². The summed E-state index contributed by atoms with van der Waals surface area (Å²) in [5.74, 6) is 3.51. The van der Waals surface area contributed by atoms with Crippen molar-refractivity contribution in [2.24, 2.45) is 0 Å². The summed E-state index contributed by atoms with van der Waals surface area (Å²) >= 11 is 0. The van der Waals surface area contributed by atoms with Crippen LogP contribution in [0.1, 0.15) is 30.1 Å². The van der Waals surface area contributed by atoms with Gasteiger partial charge in [0.25, 0.3) is 0 Å². The Hall–Kier alpha value is -1.55. The van der Waals surface area contributed by atoms with Crippen LogP contribution in [0.4, 0.5) is 0 Å². The van der Waals surface area contributed by atoms with Gasteiger partial charge in [-0.1, -0.05) is 6.92 Å². The molecule has 0 bridgehead atoms. The van der Waals surface area contributed by atoms with E-state index in [1.165, 1.54) is 0 Å². The average Bonchev–Trinajstić information content (AvgIpc) is 2.88. The summed E-state index contributed by atoms with van der Waals surface area (Å²) in [4.78, 5) is 4.11. The molecule has 0 aromatic carbocycles. The lowest BCUT2D eigenvalue weighted by molar-refractivity contribution is 0.421. The highest BCUT2D eigenvalue weighted by atomic mass is 16.4. The first-order chi connectivity index (χ1) is 7.78. The zero-order valence-corrected chi connectivity index (χ0v) is 9.62. The summed E-state index contributed by atoms with van der Waals surface area (Å²) in [5, 5.41) is 3.22. The van der Waals surface area contributed by atoms with Crippen molar-refractivity contribution in [3.05, 3.63) is 41.5 Å². The van der Waals surface area contributed by atoms with E-state index in [1.807, 2.05) is 19.1 Å². The van der Waals surface area contributed by atoms with Crippen molar-refractivity contribution in [3.63, 3.8) is 0 Å². The van der Waals surface area contributed by atoms with Crippen molar-refractivity contribution in [2.75, 3.05) is 0 Å². The fourth-order valence-corrected chi connectivity index (χ4v) is 1.48. The molecule has 0 amide bonds. The molecule has 4 nitrogen and oxygen atoms in total. The Morgan fingerprint density at radius 1 is 1.19 bits per heavy atom. The first kappa shape index (κ1) is 11.0. The number of nitrogens with zero attached hydrogens (tertiary/aromatic N) is 1. The molecule has 0 aliphatic carbocycles. The van der Waals surface area contributed by atoms with E-state index in [2.05, 4.69) is 17.2 Å². The first-order valence-corrected chi connectivity index (χ1v) is 5.47. The lowest BCUT2D eigenvalue weighted by atomic mass is 10.3. The summed E-state index contributed by atoms with van der Waals surface area (Å²) in [6, 6.07) is 4.00. The number of oxazole rings is 1. The van der Waals surface area contributed by atoms with Gasteiger partial charge in [0, 0.05) is 6.42 Å². The molecular formula is C12H16N2O2. The third kappa shape index (κ3) is 2.73. The Bertz CT molecular complexity index is 445. The van der Waals surface area contributed by atoms with Crippen LogP contribution < -0.4 is 5.32 Å². The van der Waals surface area contributed by atoms with E-state index < -0.39 is 0 Å². The molecular weight excluding hydrogens is 204 g/mol. The summed E-state index contributed by atoms with van der Waals surface area (Å²) in [6.45, 7) is 5.28. The number of hydrogen-bond acceptors (Lipinski definition) is 4. The second-order valence-electron chi connectivity index (χ2n) is 3.69. The van der Waals surface area contributed by atoms with Crippen LogP contribution in [0.3, 0.4) is 0 Å². The van der Waals surface area contributed by atoms with Crippen molar-refractivity contribution >= 4 is 0 Å². The van der Waals surface area contributed by atoms with E-state index in [0.717, 1.165) is 23.7 Å². The molecule has 2 aromatic heterocycles. The minimum atomic E-state index is 0.621. The van der Waals surface area contributed by atoms with Gasteiger partial charge in [-0.05, 0) is 19.1 Å². The average molecular weight is 220 g/mol. The second-order valence-corrected chi connectivity index (χ2v) is 3.69. The SMILES string of the molecule is CCc1ccc(CNCc2ncc(C)o2)o1. The maximum atomic E-state index is 5.56. The Kier molecular flexibility index (Phi) is 3.41. The molecule has 0 atom stereocenters. The number of furan rings is 1. The van der Waals surface area contributed by atoms with Crippen molar-refractivity contribution in [3.8, 4) is 0 Å². The van der Waals surface area contributed by atoms with Crippen molar-refractivity contribution in [1.82, 2.24) is 10.3 Å². The quantitative estimate of drug-likeness (QED) is 0.840. The minimum absolute atomic E-state index is 0.621. The highest BCUT2D eigenvalue weighted by Crippen LogP contribution is 2.08. The molecule has 0 aliphatic heterocycles. The standard InChI is InChI=1S/C12H16N2O2/c1-3-10-4-5-11(16-10)7-13-8-12-14-6-9(2)15-12/h4-6,13H,3,7-8H2,1-2H3. The summed E-state index contributed by atoms with van der Waals surface area (Å²) in [7, 11) is 0. The molecule has 2 aromatic rings. The van der Waals surface area contributed by atoms with Crippen LogP contribution in [0, 0.1) is 6.92 Å². The number of aromatic nitrogens is 1. The zero-order valence-electron chi connectivity index (χ0n) is 9.62. The largest absolute Gasteiger partial charge is 0.465 e. The molecule has 0 aliphatic rings. The Morgan fingerprint density at radius 3 is 2.62 bits per heavy atom. The number of aryl methyl sites for hydroxylation is 2. The van der Waals surface area contributed by atoms with Crippen molar-refractivity contribution < 1.29 is 8.83 Å². The molecule has 0 spiro atoms. The summed E-state index contributed by atoms with van der Waals surface area (Å²) in [6.07, 6.45) is 2.65. The topological polar surface area (TPSA) is 51.2 Å². The van der Waals surface area contributed by atoms with Gasteiger partial charge in [-0.15, -0.1) is 0 Å². The fourth-order valence-electron chi connectivity index (χ4n) is 1.48. The second kappa shape index (κ2) is 4.99. The van der Waals surface area contributed by atoms with E-state index in [-0.39, 0.29) is 0 Å². The molecule has 2 rings (SSSR count). The fraction of sp³-hybridized carbons (Fsp3) is 0.417. The van der Waals surface area contributed by atoms with Gasteiger partial charge in [-0.3, -0.25) is 0 Å². The van der Waals surface area contributed by atoms with Crippen LogP contribution in [-0.4, -0.2) is 4.98 Å². The highest BCUT2D eigenvalue weighted by Gasteiger charge is 2.02. The van der Waals surface area contributed by atoms with Gasteiger partial charge < -0.3 is 14.2 Å². The van der Waals surface area contributed by atoms with Crippen LogP contribution in [-0.2, 0) is 19.5 Å². The normalized spacial score (nSPS) is 10.9. The molecule has 16 heavy (non-hydrogen) atoms. The Morgan fingerprint density at radius 2 is 2.00 bits per heavy atom. The summed E-state index contributed by atoms with van der Waals surface area (Å²) < 4.78 is 10.9. The van der Waals surface area contributed by atoms with Crippen LogP contribution >= 0.6 is 0 Å². The van der Waals surface area contributed by atoms with Gasteiger partial charge in [0.2, 0.25) is 5.89 Å². The van der Waals surface area contributed by atoms with E-state index in [0.29, 0.717) is 19.0 Å². The molecule has 0 unspecified atom stereocenters. The molecule has 0 radical (unpaired) electrons. The van der Waals surface area contributed by atoms with Crippen molar-refractivity contribution in [1.29, 1.82) is 0 Å². The van der Waals surface area contributed by atoms with Crippen LogP contribution in [0.2, 0.25) is 0 Å². The first-order valence-electron chi connectivity index (χ1n) is 5.47. The smallest absolute Gasteiger partial charge is 0.208 e. The van der Waals surface area contributed by atoms with Gasteiger partial charge in [-0.2, -0.15) is 0 Å². The molecule has 1 N–H and O–H groups in total. The molecule has 4 heteroatoms. The number of rotatable bonds is 5. The number of hydrogen-bond donors (Lipinski definition) is 1. The Balaban J connectivity index is 1.79. The van der Waals surface area contributed by atoms with E-state index in [1.54, 1.807) is 6.20 Å². The van der Waals surface area contributed by atoms with Gasteiger partial charge in [0.1, 0.15) is 17.3 Å². The lowest BCUT2D eigenvalue weighted by Crippen LogP contribution is -2.12. The summed E-state index contributed by atoms with van der Waals surface area (Å²) in [5.41, 5.74) is 0. The van der Waals surface area contributed by atoms with Gasteiger partial charge in [0.05, 0.1) is 19.3 Å². The molecule has 0 fully saturated rings. The van der Waals surface area contributed by atoms with E-state index in [4.69, 9.17) is 8.83 Å². The van der Waals surface area contributed by atoms with Crippen LogP contribution in [0.5, 0.6) is 0 Å². The molecule has 86 valence electrons. The zero-order chi connectivity index (χ0) is 11.4. The van der Waals surface area contributed by atoms with Crippen LogP contribution in [0.25, 0.3) is 0 Å². The third-order valence-electron chi connectivity index (χ3n) is 2.31. The van der Waals surface area contributed by atoms with Gasteiger partial charge >= 0.3 is 0 Å². The van der Waals surface area contributed by atoms with Crippen molar-refractivity contribution in [2.45, 2.75) is 33.4 Å². The molecule has 0 saturated carbocycles. The monoisotopic (exact) mass is 220 g/mol. The third-order valence-corrected chi connectivity index (χ3v) is 2.31. The highest BCUT2D eigenvalue weighted by molar-refractivity contribution is 5.06. The van der Waals surface area contributed by atoms with Gasteiger partial charge in [0.15, 0.2) is 0 Å². The maximum absolute atomic E-state index is 5.56. The number of nitrogens with one attached hydrogen (secondary N) is 1. The Labute approximate surface area is 94.7 Å². The maximum Gasteiger partial charge on any atom is 0.208 e.